The third kappa shape index (κ3) is 10.4. The van der Waals surface area contributed by atoms with Crippen molar-refractivity contribution in [3.05, 3.63) is 249 Å². The van der Waals surface area contributed by atoms with Crippen molar-refractivity contribution < 1.29 is 17.1 Å². The van der Waals surface area contributed by atoms with Gasteiger partial charge in [-0.25, -0.2) is 0 Å². The van der Waals surface area contributed by atoms with Crippen molar-refractivity contribution >= 4 is 21.7 Å². The molecule has 0 saturated heterocycles. The molecule has 0 aliphatic rings. The number of fused-ring (bicyclic) bond motifs is 3. The van der Waals surface area contributed by atoms with E-state index in [2.05, 4.69) is 128 Å². The van der Waals surface area contributed by atoms with E-state index in [1.807, 2.05) is 146 Å². The van der Waals surface area contributed by atoms with Gasteiger partial charge >= 0.3 is 0 Å². The summed E-state index contributed by atoms with van der Waals surface area (Å²) in [6.45, 7) is 0. The van der Waals surface area contributed by atoms with E-state index in [0.29, 0.717) is 0 Å². The number of benzene rings is 6. The van der Waals surface area contributed by atoms with Gasteiger partial charge in [0.15, 0.2) is 0 Å². The number of nitrogens with zero attached hydrogens (tertiary/aromatic N) is 5. The Morgan fingerprint density at radius 3 is 1.00 bits per heavy atom. The van der Waals surface area contributed by atoms with Crippen molar-refractivity contribution in [2.45, 2.75) is 0 Å². The first-order chi connectivity index (χ1) is 30.7. The molecule has 0 aliphatic carbocycles. The number of aromatic nitrogens is 5. The summed E-state index contributed by atoms with van der Waals surface area (Å²) in [4.78, 5) is 22.4. The van der Waals surface area contributed by atoms with Crippen molar-refractivity contribution in [1.29, 1.82) is 0 Å². The third-order valence-electron chi connectivity index (χ3n) is 10.4. The molecular weight excluding hydrogens is 811 g/mol. The van der Waals surface area contributed by atoms with Crippen LogP contribution in [-0.2, 0) is 17.1 Å². The van der Waals surface area contributed by atoms with Crippen molar-refractivity contribution in [3.8, 4) is 67.3 Å². The van der Waals surface area contributed by atoms with Crippen LogP contribution in [0, 0.1) is 6.07 Å². The Labute approximate surface area is 378 Å². The first-order valence-electron chi connectivity index (χ1n) is 20.5. The predicted octanol–water partition coefficient (Wildman–Crippen LogP) is 14.1. The van der Waals surface area contributed by atoms with Gasteiger partial charge in [-0.3, -0.25) is 19.9 Å². The molecule has 6 heteroatoms. The second kappa shape index (κ2) is 20.6. The van der Waals surface area contributed by atoms with Crippen LogP contribution in [0.4, 0.5) is 0 Å². The fraction of sp³-hybridized carbons (Fsp3) is 0. The molecule has 6 aromatic carbocycles. The summed E-state index contributed by atoms with van der Waals surface area (Å²) < 4.78 is 0. The molecule has 0 radical (unpaired) electrons. The molecule has 0 atom stereocenters. The fourth-order valence-electron chi connectivity index (χ4n) is 7.26. The van der Waals surface area contributed by atoms with Crippen LogP contribution in [-0.4, -0.2) is 24.9 Å². The summed E-state index contributed by atoms with van der Waals surface area (Å²) in [5.74, 6) is 0. The van der Waals surface area contributed by atoms with E-state index in [0.717, 1.165) is 55.9 Å². The van der Waals surface area contributed by atoms with E-state index < -0.39 is 0 Å². The van der Waals surface area contributed by atoms with E-state index in [1.165, 1.54) is 33.0 Å². The largest absolute Gasteiger partial charge is 0.304 e. The normalized spacial score (nSPS) is 10.4. The molecule has 0 bridgehead atoms. The summed E-state index contributed by atoms with van der Waals surface area (Å²) >= 11 is 0. The molecule has 302 valence electrons. The molecule has 5 aromatic heterocycles. The van der Waals surface area contributed by atoms with Crippen molar-refractivity contribution in [2.24, 2.45) is 0 Å². The van der Waals surface area contributed by atoms with Gasteiger partial charge in [-0.15, -0.1) is 35.0 Å². The molecule has 0 spiro atoms. The topological polar surface area (TPSA) is 64.5 Å². The fourth-order valence-corrected chi connectivity index (χ4v) is 7.26. The van der Waals surface area contributed by atoms with Gasteiger partial charge in [0.1, 0.15) is 0 Å². The molecular formula is C57H40FeN5-. The van der Waals surface area contributed by atoms with Gasteiger partial charge in [0.05, 0.1) is 22.8 Å². The minimum atomic E-state index is 0. The zero-order chi connectivity index (χ0) is 41.8. The first-order valence-corrected chi connectivity index (χ1v) is 20.5. The molecule has 11 aromatic rings. The summed E-state index contributed by atoms with van der Waals surface area (Å²) in [7, 11) is 0. The average Bonchev–Trinajstić information content (AvgIpc) is 3.38. The number of rotatable bonds is 6. The predicted molar refractivity (Wildman–Crippen MR) is 255 cm³/mol. The Morgan fingerprint density at radius 1 is 0.270 bits per heavy atom. The molecule has 0 amide bonds. The molecule has 0 N–H and O–H groups in total. The van der Waals surface area contributed by atoms with Crippen molar-refractivity contribution in [2.75, 3.05) is 0 Å². The smallest absolute Gasteiger partial charge is 0.0892 e. The van der Waals surface area contributed by atoms with Crippen molar-refractivity contribution in [3.63, 3.8) is 0 Å². The molecule has 0 saturated carbocycles. The minimum absolute atomic E-state index is 0. The molecule has 5 nitrogen and oxygen atoms in total. The Kier molecular flexibility index (Phi) is 13.7. The summed E-state index contributed by atoms with van der Waals surface area (Å²) in [5, 5.41) is 3.46. The van der Waals surface area contributed by atoms with E-state index >= 15 is 0 Å². The minimum Gasteiger partial charge on any atom is -0.304 e. The second-order valence-electron chi connectivity index (χ2n) is 14.5. The van der Waals surface area contributed by atoms with Gasteiger partial charge in [0, 0.05) is 48.1 Å². The van der Waals surface area contributed by atoms with Crippen LogP contribution in [0.3, 0.4) is 0 Å². The Morgan fingerprint density at radius 2 is 0.619 bits per heavy atom. The quantitative estimate of drug-likeness (QED) is 0.0947. The van der Waals surface area contributed by atoms with Gasteiger partial charge in [-0.2, -0.15) is 0 Å². The zero-order valence-electron chi connectivity index (χ0n) is 34.2. The molecule has 63 heavy (non-hydrogen) atoms. The second-order valence-corrected chi connectivity index (χ2v) is 14.5. The van der Waals surface area contributed by atoms with E-state index in [9.17, 15) is 0 Å². The third-order valence-corrected chi connectivity index (χ3v) is 10.4. The van der Waals surface area contributed by atoms with E-state index in [4.69, 9.17) is 0 Å². The van der Waals surface area contributed by atoms with Crippen LogP contribution < -0.4 is 0 Å². The van der Waals surface area contributed by atoms with Crippen LogP contribution >= 0.6 is 0 Å². The SMILES string of the molecule is [Fe].[c-]1cccc2ccc3cccnc3c12.c1ccc(-c2ccnc(-c3cc(-c4ccccc4)ccn3)c2)cc1.c1ccc(-c2ccnc(-c3cc(-c4ccccc4)ccn3)c2)cc1. The number of hydrogen-bond acceptors (Lipinski definition) is 5. The maximum atomic E-state index is 4.51. The average molecular weight is 851 g/mol. The van der Waals surface area contributed by atoms with Gasteiger partial charge in [0.2, 0.25) is 0 Å². The van der Waals surface area contributed by atoms with Gasteiger partial charge < -0.3 is 4.98 Å². The van der Waals surface area contributed by atoms with Crippen LogP contribution in [0.15, 0.2) is 243 Å². The standard InChI is InChI=1S/2C22H16N2.C13H8N.Fe/c2*1-3-7-17(8-4-1)19-11-13-23-21(15-19)22-16-20(12-14-24-22)18-9-5-2-6-10-18;1-2-6-12-10(4-1)7-8-11-5-3-9-14-13(11)12;/h2*1-16H;1-5,7-9H;/q;;-1;. The first kappa shape index (κ1) is 41.8. The van der Waals surface area contributed by atoms with E-state index in [1.54, 1.807) is 0 Å². The van der Waals surface area contributed by atoms with Gasteiger partial charge in [-0.1, -0.05) is 140 Å². The molecule has 0 unspecified atom stereocenters. The molecule has 0 fully saturated rings. The maximum Gasteiger partial charge on any atom is 0.0892 e. The molecule has 11 rings (SSSR count). The Hall–Kier alpha value is -7.89. The number of pyridine rings is 5. The van der Waals surface area contributed by atoms with Crippen molar-refractivity contribution in [1.82, 2.24) is 24.9 Å². The Balaban J connectivity index is 0.000000133. The van der Waals surface area contributed by atoms with Gasteiger partial charge in [-0.05, 0) is 110 Å². The monoisotopic (exact) mass is 850 g/mol. The van der Waals surface area contributed by atoms with Crippen LogP contribution in [0.1, 0.15) is 0 Å². The van der Waals surface area contributed by atoms with Gasteiger partial charge in [0.25, 0.3) is 0 Å². The van der Waals surface area contributed by atoms with Crippen LogP contribution in [0.25, 0.3) is 89.0 Å². The Bertz CT molecular complexity index is 2800. The van der Waals surface area contributed by atoms with Crippen LogP contribution in [0.5, 0.6) is 0 Å². The zero-order valence-corrected chi connectivity index (χ0v) is 35.3. The molecule has 5 heterocycles. The summed E-state index contributed by atoms with van der Waals surface area (Å²) in [6, 6.07) is 75.2. The molecule has 0 aliphatic heterocycles. The summed E-state index contributed by atoms with van der Waals surface area (Å²) in [5.41, 5.74) is 13.9. The van der Waals surface area contributed by atoms with Crippen LogP contribution in [0.2, 0.25) is 0 Å². The maximum absolute atomic E-state index is 4.51. The summed E-state index contributed by atoms with van der Waals surface area (Å²) in [6.07, 6.45) is 9.19. The number of hydrogen-bond donors (Lipinski definition) is 0. The van der Waals surface area contributed by atoms with E-state index in [-0.39, 0.29) is 17.1 Å².